The SMILES string of the molecule is COc1ccc(CC(NC(=O)CCc2cnc[nH]2)C(=O)N2CC(OCC3CC3)(c3ccccc3C)C2)cc1. The number of hydrogen-bond donors (Lipinski definition) is 2. The van der Waals surface area contributed by atoms with Gasteiger partial charge in [0.1, 0.15) is 17.4 Å². The first-order valence-corrected chi connectivity index (χ1v) is 13.3. The number of rotatable bonds is 12. The van der Waals surface area contributed by atoms with Gasteiger partial charge in [-0.25, -0.2) is 4.98 Å². The fourth-order valence-corrected chi connectivity index (χ4v) is 5.07. The minimum atomic E-state index is -0.670. The van der Waals surface area contributed by atoms with E-state index in [0.717, 1.165) is 34.7 Å². The molecule has 200 valence electrons. The normalized spacial score (nSPS) is 16.9. The molecule has 2 fully saturated rings. The lowest BCUT2D eigenvalue weighted by molar-refractivity contribution is -0.176. The molecule has 38 heavy (non-hydrogen) atoms. The van der Waals surface area contributed by atoms with E-state index in [-0.39, 0.29) is 18.2 Å². The zero-order chi connectivity index (χ0) is 26.5. The standard InChI is InChI=1S/C30H36N4O4/c1-21-5-3-4-6-26(21)30(38-17-23-7-8-23)18-34(19-30)29(36)27(15-22-9-12-25(37-2)13-10-22)33-28(35)14-11-24-16-31-20-32-24/h3-6,9-10,12-13,16,20,23,27H,7-8,11,14-15,17-19H2,1-2H3,(H,31,32)(H,33,35). The second kappa shape index (κ2) is 11.4. The molecule has 0 radical (unpaired) electrons. The second-order valence-electron chi connectivity index (χ2n) is 10.5. The highest BCUT2D eigenvalue weighted by Crippen LogP contribution is 2.40. The Bertz CT molecular complexity index is 1230. The molecule has 8 heteroatoms. The number of imidazole rings is 1. The van der Waals surface area contributed by atoms with E-state index in [0.29, 0.717) is 31.8 Å². The number of aromatic amines is 1. The number of nitrogens with one attached hydrogen (secondary N) is 2. The lowest BCUT2D eigenvalue weighted by Crippen LogP contribution is -2.66. The molecule has 2 aromatic carbocycles. The molecule has 2 heterocycles. The summed E-state index contributed by atoms with van der Waals surface area (Å²) >= 11 is 0. The molecule has 1 saturated heterocycles. The average Bonchev–Trinajstić information content (AvgIpc) is 3.59. The zero-order valence-electron chi connectivity index (χ0n) is 22.1. The van der Waals surface area contributed by atoms with E-state index < -0.39 is 11.6 Å². The van der Waals surface area contributed by atoms with Gasteiger partial charge in [-0.3, -0.25) is 9.59 Å². The molecule has 1 aliphatic heterocycles. The van der Waals surface area contributed by atoms with Crippen LogP contribution in [0.15, 0.2) is 61.1 Å². The molecule has 1 saturated carbocycles. The Balaban J connectivity index is 1.30. The number of ether oxygens (including phenoxy) is 2. The van der Waals surface area contributed by atoms with Crippen LogP contribution >= 0.6 is 0 Å². The van der Waals surface area contributed by atoms with Crippen molar-refractivity contribution in [1.82, 2.24) is 20.2 Å². The summed E-state index contributed by atoms with van der Waals surface area (Å²) in [7, 11) is 1.62. The van der Waals surface area contributed by atoms with Crippen LogP contribution in [0.5, 0.6) is 5.75 Å². The van der Waals surface area contributed by atoms with E-state index in [2.05, 4.69) is 34.3 Å². The number of methoxy groups -OCH3 is 1. The number of likely N-dealkylation sites (tertiary alicyclic amines) is 1. The van der Waals surface area contributed by atoms with Gasteiger partial charge in [0.05, 0.1) is 33.1 Å². The predicted molar refractivity (Wildman–Crippen MR) is 144 cm³/mol. The van der Waals surface area contributed by atoms with Gasteiger partial charge in [-0.15, -0.1) is 0 Å². The minimum absolute atomic E-state index is 0.0880. The van der Waals surface area contributed by atoms with Crippen LogP contribution in [0.3, 0.4) is 0 Å². The van der Waals surface area contributed by atoms with Crippen molar-refractivity contribution >= 4 is 11.8 Å². The Labute approximate surface area is 223 Å². The summed E-state index contributed by atoms with van der Waals surface area (Å²) in [5.74, 6) is 1.12. The average molecular weight is 517 g/mol. The van der Waals surface area contributed by atoms with Crippen LogP contribution in [0, 0.1) is 12.8 Å². The fraction of sp³-hybridized carbons (Fsp3) is 0.433. The predicted octanol–water partition coefficient (Wildman–Crippen LogP) is 3.55. The third kappa shape index (κ3) is 6.07. The number of carbonyl (C=O) groups excluding carboxylic acids is 2. The molecule has 0 bridgehead atoms. The molecule has 1 aliphatic carbocycles. The van der Waals surface area contributed by atoms with Gasteiger partial charge in [0.2, 0.25) is 11.8 Å². The van der Waals surface area contributed by atoms with Gasteiger partial charge in [-0.1, -0.05) is 36.4 Å². The molecular formula is C30H36N4O4. The summed E-state index contributed by atoms with van der Waals surface area (Å²) in [4.78, 5) is 35.5. The van der Waals surface area contributed by atoms with Crippen molar-refractivity contribution in [2.24, 2.45) is 5.92 Å². The Morgan fingerprint density at radius 3 is 2.58 bits per heavy atom. The van der Waals surface area contributed by atoms with E-state index in [9.17, 15) is 9.59 Å². The highest BCUT2D eigenvalue weighted by atomic mass is 16.5. The van der Waals surface area contributed by atoms with E-state index in [1.54, 1.807) is 19.6 Å². The van der Waals surface area contributed by atoms with Gasteiger partial charge in [0.25, 0.3) is 0 Å². The summed E-state index contributed by atoms with van der Waals surface area (Å²) in [6, 6.07) is 15.2. The maximum atomic E-state index is 13.8. The van der Waals surface area contributed by atoms with Gasteiger partial charge in [0.15, 0.2) is 0 Å². The van der Waals surface area contributed by atoms with Crippen molar-refractivity contribution in [3.63, 3.8) is 0 Å². The smallest absolute Gasteiger partial charge is 0.245 e. The van der Waals surface area contributed by atoms with Crippen molar-refractivity contribution in [1.29, 1.82) is 0 Å². The van der Waals surface area contributed by atoms with Crippen LogP contribution in [0.2, 0.25) is 0 Å². The van der Waals surface area contributed by atoms with Crippen molar-refractivity contribution in [2.45, 2.75) is 50.7 Å². The zero-order valence-corrected chi connectivity index (χ0v) is 22.1. The van der Waals surface area contributed by atoms with Crippen molar-refractivity contribution in [3.05, 3.63) is 83.4 Å². The summed E-state index contributed by atoms with van der Waals surface area (Å²) in [5, 5.41) is 3.01. The fourth-order valence-electron chi connectivity index (χ4n) is 5.07. The van der Waals surface area contributed by atoms with E-state index in [4.69, 9.17) is 9.47 Å². The Hall–Kier alpha value is -3.65. The number of aryl methyl sites for hydroxylation is 2. The minimum Gasteiger partial charge on any atom is -0.497 e. The van der Waals surface area contributed by atoms with Crippen molar-refractivity contribution < 1.29 is 19.1 Å². The summed E-state index contributed by atoms with van der Waals surface area (Å²) in [6.07, 6.45) is 6.92. The highest BCUT2D eigenvalue weighted by molar-refractivity contribution is 5.88. The van der Waals surface area contributed by atoms with E-state index >= 15 is 0 Å². The van der Waals surface area contributed by atoms with Gasteiger partial charge >= 0.3 is 0 Å². The van der Waals surface area contributed by atoms with Gasteiger partial charge in [0, 0.05) is 24.7 Å². The number of nitrogens with zero attached hydrogens (tertiary/aromatic N) is 2. The molecule has 2 aliphatic rings. The highest BCUT2D eigenvalue weighted by Gasteiger charge is 2.50. The van der Waals surface area contributed by atoms with Crippen LogP contribution in [0.25, 0.3) is 0 Å². The van der Waals surface area contributed by atoms with Crippen LogP contribution in [0.4, 0.5) is 0 Å². The number of hydrogen-bond acceptors (Lipinski definition) is 5. The van der Waals surface area contributed by atoms with Gasteiger partial charge in [-0.2, -0.15) is 0 Å². The molecule has 2 amide bonds. The number of amides is 2. The third-order valence-electron chi connectivity index (χ3n) is 7.54. The molecule has 1 atom stereocenters. The molecule has 0 spiro atoms. The maximum absolute atomic E-state index is 13.8. The van der Waals surface area contributed by atoms with Crippen molar-refractivity contribution in [2.75, 3.05) is 26.8 Å². The maximum Gasteiger partial charge on any atom is 0.245 e. The Kier molecular flexibility index (Phi) is 7.79. The number of aromatic nitrogens is 2. The van der Waals surface area contributed by atoms with E-state index in [1.165, 1.54) is 12.8 Å². The topological polar surface area (TPSA) is 96.5 Å². The van der Waals surface area contributed by atoms with Crippen LogP contribution in [0.1, 0.15) is 41.6 Å². The number of carbonyl (C=O) groups is 2. The summed E-state index contributed by atoms with van der Waals surface area (Å²) in [6.45, 7) is 3.77. The van der Waals surface area contributed by atoms with Crippen LogP contribution in [-0.2, 0) is 32.8 Å². The first kappa shape index (κ1) is 26.0. The first-order valence-electron chi connectivity index (χ1n) is 13.3. The van der Waals surface area contributed by atoms with Gasteiger partial charge in [-0.05, 0) is 60.9 Å². The molecule has 3 aromatic rings. The summed E-state index contributed by atoms with van der Waals surface area (Å²) in [5.41, 5.74) is 3.64. The summed E-state index contributed by atoms with van der Waals surface area (Å²) < 4.78 is 11.8. The third-order valence-corrected chi connectivity index (χ3v) is 7.54. The van der Waals surface area contributed by atoms with Gasteiger partial charge < -0.3 is 24.7 Å². The second-order valence-corrected chi connectivity index (χ2v) is 10.5. The van der Waals surface area contributed by atoms with Crippen LogP contribution < -0.4 is 10.1 Å². The molecule has 1 aromatic heterocycles. The largest absolute Gasteiger partial charge is 0.497 e. The van der Waals surface area contributed by atoms with Crippen molar-refractivity contribution in [3.8, 4) is 5.75 Å². The first-order chi connectivity index (χ1) is 18.5. The molecule has 8 nitrogen and oxygen atoms in total. The number of benzene rings is 2. The molecule has 1 unspecified atom stereocenters. The lowest BCUT2D eigenvalue weighted by atomic mass is 9.82. The Morgan fingerprint density at radius 1 is 1.16 bits per heavy atom. The molecule has 5 rings (SSSR count). The monoisotopic (exact) mass is 516 g/mol. The van der Waals surface area contributed by atoms with Crippen LogP contribution in [-0.4, -0.2) is 59.5 Å². The van der Waals surface area contributed by atoms with E-state index in [1.807, 2.05) is 41.3 Å². The lowest BCUT2D eigenvalue weighted by Gasteiger charge is -2.51. The number of H-pyrrole nitrogens is 1. The molecular weight excluding hydrogens is 480 g/mol. The Morgan fingerprint density at radius 2 is 1.92 bits per heavy atom. The molecule has 2 N–H and O–H groups in total. The quantitative estimate of drug-likeness (QED) is 0.384.